The number of hydrogen-bond donors (Lipinski definition) is 3. The van der Waals surface area contributed by atoms with Gasteiger partial charge in [0.05, 0.1) is 25.4 Å². The van der Waals surface area contributed by atoms with Crippen LogP contribution >= 0.6 is 0 Å². The number of carbonyl (C=O) groups is 2. The third kappa shape index (κ3) is 40.3. The highest BCUT2D eigenvalue weighted by Gasteiger charge is 2.20. The first kappa shape index (κ1) is 52.6. The molecule has 6 nitrogen and oxygen atoms in total. The number of unbranched alkanes of at least 4 members (excludes halogenated alkanes) is 31. The summed E-state index contributed by atoms with van der Waals surface area (Å²) in [6.07, 6.45) is 48.8. The van der Waals surface area contributed by atoms with Gasteiger partial charge in [0.2, 0.25) is 5.91 Å². The zero-order valence-corrected chi connectivity index (χ0v) is 36.2. The first-order valence-corrected chi connectivity index (χ1v) is 23.9. The molecule has 0 saturated heterocycles. The van der Waals surface area contributed by atoms with Crippen LogP contribution in [0, 0.1) is 0 Å². The first-order valence-electron chi connectivity index (χ1n) is 23.9. The minimum Gasteiger partial charge on any atom is -0.466 e. The summed E-state index contributed by atoms with van der Waals surface area (Å²) in [5.74, 6) is -0.0979. The number of nitrogens with one attached hydrogen (secondary N) is 1. The van der Waals surface area contributed by atoms with E-state index in [9.17, 15) is 19.8 Å². The predicted octanol–water partition coefficient (Wildman–Crippen LogP) is 13.8. The van der Waals surface area contributed by atoms with Gasteiger partial charge in [-0.1, -0.05) is 212 Å². The van der Waals surface area contributed by atoms with Crippen LogP contribution in [0.15, 0.2) is 12.2 Å². The Kier molecular flexibility index (Phi) is 43.2. The van der Waals surface area contributed by atoms with Crippen LogP contribution in [0.5, 0.6) is 0 Å². The van der Waals surface area contributed by atoms with Gasteiger partial charge >= 0.3 is 5.97 Å². The van der Waals surface area contributed by atoms with E-state index < -0.39 is 12.1 Å². The van der Waals surface area contributed by atoms with Gasteiger partial charge in [0, 0.05) is 12.8 Å². The Morgan fingerprint density at radius 2 is 0.889 bits per heavy atom. The van der Waals surface area contributed by atoms with Gasteiger partial charge in [0.15, 0.2) is 0 Å². The number of carbonyl (C=O) groups excluding carboxylic acids is 2. The van der Waals surface area contributed by atoms with Crippen molar-refractivity contribution in [3.05, 3.63) is 12.2 Å². The number of rotatable bonds is 44. The second-order valence-corrected chi connectivity index (χ2v) is 16.4. The minimum absolute atomic E-state index is 0.0358. The summed E-state index contributed by atoms with van der Waals surface area (Å²) in [7, 11) is 0. The number of esters is 1. The highest BCUT2D eigenvalue weighted by Crippen LogP contribution is 2.16. The van der Waals surface area contributed by atoms with Crippen molar-refractivity contribution in [2.75, 3.05) is 13.2 Å². The Morgan fingerprint density at radius 3 is 1.37 bits per heavy atom. The lowest BCUT2D eigenvalue weighted by atomic mass is 10.0. The average Bonchev–Trinajstić information content (AvgIpc) is 3.17. The molecule has 0 spiro atoms. The van der Waals surface area contributed by atoms with Crippen molar-refractivity contribution in [3.8, 4) is 0 Å². The summed E-state index contributed by atoms with van der Waals surface area (Å²) in [4.78, 5) is 24.4. The molecule has 0 radical (unpaired) electrons. The Balaban J connectivity index is 3.51. The van der Waals surface area contributed by atoms with Crippen LogP contribution in [-0.2, 0) is 14.3 Å². The number of amides is 1. The Hall–Kier alpha value is -1.40. The van der Waals surface area contributed by atoms with Crippen molar-refractivity contribution in [2.45, 2.75) is 270 Å². The molecule has 2 unspecified atom stereocenters. The largest absolute Gasteiger partial charge is 0.466 e. The number of ether oxygens (including phenoxy) is 1. The van der Waals surface area contributed by atoms with Crippen LogP contribution < -0.4 is 5.32 Å². The molecule has 0 rings (SSSR count). The number of aliphatic hydroxyl groups is 2. The molecule has 1 amide bonds. The topological polar surface area (TPSA) is 95.9 Å². The van der Waals surface area contributed by atoms with Crippen LogP contribution in [0.4, 0.5) is 0 Å². The standard InChI is InChI=1S/C48H93NO5/c1-3-5-7-9-11-13-15-16-17-18-19-20-22-24-28-32-36-40-46(51)45(44-50)49-47(52)41-37-33-29-25-23-27-31-35-39-43-54-48(53)42-38-34-30-26-21-14-12-10-8-6-4-2/h10,12,45-46,50-51H,3-9,11,13-44H2,1-2H3,(H,49,52)/b12-10-. The van der Waals surface area contributed by atoms with E-state index in [-0.39, 0.29) is 18.5 Å². The van der Waals surface area contributed by atoms with Gasteiger partial charge in [-0.15, -0.1) is 0 Å². The molecule has 320 valence electrons. The van der Waals surface area contributed by atoms with E-state index in [0.717, 1.165) is 57.8 Å². The molecule has 0 aliphatic rings. The fraction of sp³-hybridized carbons (Fsp3) is 0.917. The number of aliphatic hydroxyl groups excluding tert-OH is 2. The zero-order valence-electron chi connectivity index (χ0n) is 36.2. The number of allylic oxidation sites excluding steroid dienone is 2. The SMILES string of the molecule is CCCC/C=C\CCCCCCCC(=O)OCCCCCCCCCCCC(=O)NC(CO)C(O)CCCCCCCCCCCCCCCCCCC. The highest BCUT2D eigenvalue weighted by molar-refractivity contribution is 5.76. The van der Waals surface area contributed by atoms with E-state index in [1.807, 2.05) is 0 Å². The van der Waals surface area contributed by atoms with Gasteiger partial charge in [-0.3, -0.25) is 9.59 Å². The van der Waals surface area contributed by atoms with Gasteiger partial charge in [-0.05, 0) is 44.9 Å². The average molecular weight is 764 g/mol. The lowest BCUT2D eigenvalue weighted by molar-refractivity contribution is -0.143. The summed E-state index contributed by atoms with van der Waals surface area (Å²) in [6, 6.07) is -0.561. The molecule has 0 aromatic rings. The lowest BCUT2D eigenvalue weighted by Gasteiger charge is -2.22. The molecule has 0 aliphatic carbocycles. The molecule has 0 aromatic heterocycles. The van der Waals surface area contributed by atoms with Gasteiger partial charge in [0.1, 0.15) is 0 Å². The van der Waals surface area contributed by atoms with Crippen LogP contribution in [0.3, 0.4) is 0 Å². The molecule has 0 aromatic carbocycles. The van der Waals surface area contributed by atoms with Gasteiger partial charge in [-0.2, -0.15) is 0 Å². The highest BCUT2D eigenvalue weighted by atomic mass is 16.5. The van der Waals surface area contributed by atoms with Gasteiger partial charge in [0.25, 0.3) is 0 Å². The third-order valence-corrected chi connectivity index (χ3v) is 11.1. The zero-order chi connectivity index (χ0) is 39.4. The lowest BCUT2D eigenvalue weighted by Crippen LogP contribution is -2.45. The summed E-state index contributed by atoms with van der Waals surface area (Å²) in [5.41, 5.74) is 0. The summed E-state index contributed by atoms with van der Waals surface area (Å²) in [5, 5.41) is 23.2. The summed E-state index contributed by atoms with van der Waals surface area (Å²) < 4.78 is 5.42. The van der Waals surface area contributed by atoms with E-state index >= 15 is 0 Å². The quantitative estimate of drug-likeness (QED) is 0.0326. The molecule has 0 fully saturated rings. The van der Waals surface area contributed by atoms with Crippen molar-refractivity contribution < 1.29 is 24.5 Å². The van der Waals surface area contributed by atoms with E-state index in [0.29, 0.717) is 25.9 Å². The Morgan fingerprint density at radius 1 is 0.500 bits per heavy atom. The van der Waals surface area contributed by atoms with E-state index in [4.69, 9.17) is 4.74 Å². The molecular formula is C48H93NO5. The smallest absolute Gasteiger partial charge is 0.305 e. The number of hydrogen-bond acceptors (Lipinski definition) is 5. The second kappa shape index (κ2) is 44.3. The summed E-state index contributed by atoms with van der Waals surface area (Å²) in [6.45, 7) is 4.85. The molecule has 2 atom stereocenters. The van der Waals surface area contributed by atoms with Crippen molar-refractivity contribution in [2.24, 2.45) is 0 Å². The second-order valence-electron chi connectivity index (χ2n) is 16.4. The van der Waals surface area contributed by atoms with E-state index in [1.54, 1.807) is 0 Å². The van der Waals surface area contributed by atoms with Crippen molar-refractivity contribution >= 4 is 11.9 Å². The van der Waals surface area contributed by atoms with Crippen molar-refractivity contribution in [1.82, 2.24) is 5.32 Å². The van der Waals surface area contributed by atoms with Crippen molar-refractivity contribution in [3.63, 3.8) is 0 Å². The molecule has 6 heteroatoms. The summed E-state index contributed by atoms with van der Waals surface area (Å²) >= 11 is 0. The monoisotopic (exact) mass is 764 g/mol. The van der Waals surface area contributed by atoms with Gasteiger partial charge in [-0.25, -0.2) is 0 Å². The van der Waals surface area contributed by atoms with Crippen LogP contribution in [0.2, 0.25) is 0 Å². The molecule has 0 aliphatic heterocycles. The molecular weight excluding hydrogens is 671 g/mol. The Labute approximate surface area is 336 Å². The molecule has 0 saturated carbocycles. The minimum atomic E-state index is -0.681. The predicted molar refractivity (Wildman–Crippen MR) is 232 cm³/mol. The van der Waals surface area contributed by atoms with Crippen LogP contribution in [0.25, 0.3) is 0 Å². The van der Waals surface area contributed by atoms with Crippen LogP contribution in [0.1, 0.15) is 258 Å². The maximum atomic E-state index is 12.4. The molecule has 54 heavy (non-hydrogen) atoms. The normalized spacial score (nSPS) is 12.7. The fourth-order valence-corrected chi connectivity index (χ4v) is 7.32. The molecule has 3 N–H and O–H groups in total. The third-order valence-electron chi connectivity index (χ3n) is 11.1. The fourth-order valence-electron chi connectivity index (χ4n) is 7.32. The molecule has 0 heterocycles. The maximum Gasteiger partial charge on any atom is 0.305 e. The van der Waals surface area contributed by atoms with E-state index in [1.165, 1.54) is 167 Å². The van der Waals surface area contributed by atoms with E-state index in [2.05, 4.69) is 31.3 Å². The Bertz CT molecular complexity index is 802. The van der Waals surface area contributed by atoms with Crippen LogP contribution in [-0.4, -0.2) is 47.4 Å². The molecule has 0 bridgehead atoms. The first-order chi connectivity index (χ1) is 26.5. The van der Waals surface area contributed by atoms with Gasteiger partial charge < -0.3 is 20.3 Å². The van der Waals surface area contributed by atoms with Crippen molar-refractivity contribution in [1.29, 1.82) is 0 Å². The maximum absolute atomic E-state index is 12.4.